The lowest BCUT2D eigenvalue weighted by Gasteiger charge is -2.23. The molecule has 128 valence electrons. The van der Waals surface area contributed by atoms with Crippen LogP contribution in [0.25, 0.3) is 0 Å². The van der Waals surface area contributed by atoms with Gasteiger partial charge in [-0.1, -0.05) is 6.07 Å². The first-order valence-electron chi connectivity index (χ1n) is 7.97. The van der Waals surface area contributed by atoms with E-state index in [0.29, 0.717) is 17.9 Å². The fourth-order valence-corrected chi connectivity index (χ4v) is 2.53. The summed E-state index contributed by atoms with van der Waals surface area (Å²) in [6.45, 7) is 4.10. The molecule has 0 aliphatic rings. The number of carbonyl (C=O) groups is 2. The van der Waals surface area contributed by atoms with Gasteiger partial charge in [0.2, 0.25) is 0 Å². The van der Waals surface area contributed by atoms with Gasteiger partial charge in [-0.2, -0.15) is 5.26 Å². The zero-order valence-corrected chi connectivity index (χ0v) is 14.4. The maximum absolute atomic E-state index is 12.6. The second kappa shape index (κ2) is 8.65. The number of nitriles is 1. The van der Waals surface area contributed by atoms with Crippen molar-refractivity contribution in [2.24, 2.45) is 0 Å². The Kier molecular flexibility index (Phi) is 6.30. The van der Waals surface area contributed by atoms with E-state index >= 15 is 0 Å². The minimum absolute atomic E-state index is 0.140. The van der Waals surface area contributed by atoms with Crippen LogP contribution in [0.3, 0.4) is 0 Å². The molecule has 25 heavy (non-hydrogen) atoms. The van der Waals surface area contributed by atoms with Gasteiger partial charge in [0, 0.05) is 17.8 Å². The molecule has 5 heteroatoms. The lowest BCUT2D eigenvalue weighted by atomic mass is 10.1. The minimum Gasteiger partial charge on any atom is -0.484 e. The minimum atomic E-state index is -0.222. The van der Waals surface area contributed by atoms with Crippen molar-refractivity contribution in [1.29, 1.82) is 5.26 Å². The topological polar surface area (TPSA) is 70.4 Å². The molecule has 0 spiro atoms. The summed E-state index contributed by atoms with van der Waals surface area (Å²) in [7, 11) is 0. The van der Waals surface area contributed by atoms with E-state index in [0.717, 1.165) is 23.1 Å². The number of carbonyl (C=O) groups excluding carboxylic acids is 2. The van der Waals surface area contributed by atoms with Crippen LogP contribution in [0.4, 0.5) is 5.69 Å². The number of ether oxygens (including phenoxy) is 1. The van der Waals surface area contributed by atoms with Crippen LogP contribution in [0.2, 0.25) is 0 Å². The molecule has 0 N–H and O–H groups in total. The van der Waals surface area contributed by atoms with Crippen molar-refractivity contribution < 1.29 is 14.3 Å². The first-order valence-corrected chi connectivity index (χ1v) is 7.97. The molecule has 0 radical (unpaired) electrons. The van der Waals surface area contributed by atoms with Crippen LogP contribution in [0.5, 0.6) is 5.75 Å². The van der Waals surface area contributed by atoms with Gasteiger partial charge in [-0.3, -0.25) is 9.59 Å². The van der Waals surface area contributed by atoms with Gasteiger partial charge in [0.25, 0.3) is 5.91 Å². The molecule has 0 heterocycles. The van der Waals surface area contributed by atoms with Gasteiger partial charge in [-0.05, 0) is 61.4 Å². The molecule has 0 aliphatic heterocycles. The van der Waals surface area contributed by atoms with E-state index in [4.69, 9.17) is 10.00 Å². The Balaban J connectivity index is 2.11. The molecule has 0 unspecified atom stereocenters. The van der Waals surface area contributed by atoms with Crippen LogP contribution >= 0.6 is 0 Å². The van der Waals surface area contributed by atoms with Crippen LogP contribution < -0.4 is 9.64 Å². The Morgan fingerprint density at radius 3 is 2.36 bits per heavy atom. The molecule has 0 atom stereocenters. The maximum atomic E-state index is 12.6. The van der Waals surface area contributed by atoms with Gasteiger partial charge in [-0.15, -0.1) is 0 Å². The summed E-state index contributed by atoms with van der Waals surface area (Å²) in [4.78, 5) is 24.8. The zero-order chi connectivity index (χ0) is 18.2. The van der Waals surface area contributed by atoms with Gasteiger partial charge in [0.05, 0.1) is 12.5 Å². The van der Waals surface area contributed by atoms with Gasteiger partial charge >= 0.3 is 0 Å². The number of hydrogen-bond donors (Lipinski definition) is 0. The van der Waals surface area contributed by atoms with Crippen molar-refractivity contribution in [2.45, 2.75) is 20.3 Å². The van der Waals surface area contributed by atoms with Crippen molar-refractivity contribution in [3.63, 3.8) is 0 Å². The fraction of sp³-hybridized carbons (Fsp3) is 0.250. The predicted molar refractivity (Wildman–Crippen MR) is 95.8 cm³/mol. The molecule has 5 nitrogen and oxygen atoms in total. The highest BCUT2D eigenvalue weighted by Crippen LogP contribution is 2.20. The first kappa shape index (κ1) is 18.2. The molecular formula is C20H20N2O3. The van der Waals surface area contributed by atoms with E-state index < -0.39 is 0 Å². The number of rotatable bonds is 7. The summed E-state index contributed by atoms with van der Waals surface area (Å²) in [5.41, 5.74) is 3.41. The molecule has 0 fully saturated rings. The summed E-state index contributed by atoms with van der Waals surface area (Å²) in [6.07, 6.45) is 0.991. The van der Waals surface area contributed by atoms with Crippen LogP contribution in [-0.4, -0.2) is 25.3 Å². The third-order valence-electron chi connectivity index (χ3n) is 3.64. The van der Waals surface area contributed by atoms with Crippen molar-refractivity contribution in [3.8, 4) is 11.8 Å². The molecule has 2 aromatic carbocycles. The number of anilines is 1. The Morgan fingerprint density at radius 2 is 1.80 bits per heavy atom. The number of aryl methyl sites for hydroxylation is 2. The monoisotopic (exact) mass is 336 g/mol. The molecule has 1 amide bonds. The summed E-state index contributed by atoms with van der Waals surface area (Å²) in [6, 6.07) is 14.5. The standard InChI is InChI=1S/C20H20N2O3/c1-15-10-16(2)12-18(11-15)22(9-3-8-21)20(24)14-25-19-6-4-17(13-23)5-7-19/h4-7,10-13H,3,9,14H2,1-2H3. The molecule has 2 aromatic rings. The Labute approximate surface area is 147 Å². The van der Waals surface area contributed by atoms with Crippen molar-refractivity contribution in [3.05, 3.63) is 59.2 Å². The average molecular weight is 336 g/mol. The number of aldehydes is 1. The summed E-state index contributed by atoms with van der Waals surface area (Å²) in [5.74, 6) is 0.291. The predicted octanol–water partition coefficient (Wildman–Crippen LogP) is 3.44. The van der Waals surface area contributed by atoms with Gasteiger partial charge in [0.15, 0.2) is 6.61 Å². The van der Waals surface area contributed by atoms with Crippen molar-refractivity contribution in [2.75, 3.05) is 18.1 Å². The van der Waals surface area contributed by atoms with Crippen molar-refractivity contribution >= 4 is 17.9 Å². The molecule has 0 saturated heterocycles. The first-order chi connectivity index (χ1) is 12.0. The summed E-state index contributed by atoms with van der Waals surface area (Å²) >= 11 is 0. The molecule has 0 aliphatic carbocycles. The second-order valence-electron chi connectivity index (χ2n) is 5.77. The fourth-order valence-electron chi connectivity index (χ4n) is 2.53. The lowest BCUT2D eigenvalue weighted by molar-refractivity contribution is -0.120. The third kappa shape index (κ3) is 5.18. The van der Waals surface area contributed by atoms with Crippen LogP contribution in [0.1, 0.15) is 27.9 Å². The van der Waals surface area contributed by atoms with Crippen LogP contribution in [0, 0.1) is 25.2 Å². The third-order valence-corrected chi connectivity index (χ3v) is 3.64. The van der Waals surface area contributed by atoms with E-state index in [1.165, 1.54) is 0 Å². The van der Waals surface area contributed by atoms with Gasteiger partial charge in [0.1, 0.15) is 12.0 Å². The molecular weight excluding hydrogens is 316 g/mol. The summed E-state index contributed by atoms with van der Waals surface area (Å²) < 4.78 is 5.52. The maximum Gasteiger partial charge on any atom is 0.264 e. The smallest absolute Gasteiger partial charge is 0.264 e. The molecule has 0 bridgehead atoms. The average Bonchev–Trinajstić information content (AvgIpc) is 2.60. The number of hydrogen-bond acceptors (Lipinski definition) is 4. The molecule has 0 aromatic heterocycles. The SMILES string of the molecule is Cc1cc(C)cc(N(CCC#N)C(=O)COc2ccc(C=O)cc2)c1. The Bertz CT molecular complexity index is 771. The second-order valence-corrected chi connectivity index (χ2v) is 5.77. The number of amides is 1. The number of benzene rings is 2. The van der Waals surface area contributed by atoms with E-state index in [-0.39, 0.29) is 18.9 Å². The molecule has 0 saturated carbocycles. The van der Waals surface area contributed by atoms with E-state index in [1.807, 2.05) is 32.0 Å². The van der Waals surface area contributed by atoms with Gasteiger partial charge in [-0.25, -0.2) is 0 Å². The van der Waals surface area contributed by atoms with Crippen LogP contribution in [0.15, 0.2) is 42.5 Å². The normalized spacial score (nSPS) is 9.96. The number of nitrogens with zero attached hydrogens (tertiary/aromatic N) is 2. The quantitative estimate of drug-likeness (QED) is 0.726. The van der Waals surface area contributed by atoms with Gasteiger partial charge < -0.3 is 9.64 Å². The van der Waals surface area contributed by atoms with E-state index in [2.05, 4.69) is 6.07 Å². The molecule has 2 rings (SSSR count). The highest BCUT2D eigenvalue weighted by atomic mass is 16.5. The highest BCUT2D eigenvalue weighted by Gasteiger charge is 2.17. The van der Waals surface area contributed by atoms with E-state index in [9.17, 15) is 9.59 Å². The zero-order valence-electron chi connectivity index (χ0n) is 14.4. The summed E-state index contributed by atoms with van der Waals surface area (Å²) in [5, 5.41) is 8.86. The Morgan fingerprint density at radius 1 is 1.16 bits per heavy atom. The largest absolute Gasteiger partial charge is 0.484 e. The van der Waals surface area contributed by atoms with Crippen molar-refractivity contribution in [1.82, 2.24) is 0 Å². The highest BCUT2D eigenvalue weighted by molar-refractivity contribution is 5.94. The Hall–Kier alpha value is -3.13. The lowest BCUT2D eigenvalue weighted by Crippen LogP contribution is -2.35. The van der Waals surface area contributed by atoms with Crippen LogP contribution in [-0.2, 0) is 4.79 Å². The van der Waals surface area contributed by atoms with E-state index in [1.54, 1.807) is 29.2 Å².